The molecule has 3 nitrogen and oxygen atoms in total. The minimum absolute atomic E-state index is 0. The van der Waals surface area contributed by atoms with Crippen molar-refractivity contribution in [3.63, 3.8) is 0 Å². The fourth-order valence-corrected chi connectivity index (χ4v) is 3.47. The molecule has 0 bridgehead atoms. The Balaban J connectivity index is 0.000000489. The summed E-state index contributed by atoms with van der Waals surface area (Å²) in [6, 6.07) is 18.2. The molecule has 0 radical (unpaired) electrons. The summed E-state index contributed by atoms with van der Waals surface area (Å²) in [5.41, 5.74) is 9.74. The van der Waals surface area contributed by atoms with Crippen LogP contribution in [0.2, 0.25) is 0 Å². The number of aromatic nitrogens is 1. The zero-order chi connectivity index (χ0) is 21.6. The van der Waals surface area contributed by atoms with Crippen LogP contribution in [-0.4, -0.2) is 15.9 Å². The second kappa shape index (κ2) is 11.6. The van der Waals surface area contributed by atoms with Crippen LogP contribution >= 0.6 is 0 Å². The van der Waals surface area contributed by atoms with Gasteiger partial charge in [0.15, 0.2) is 5.78 Å². The van der Waals surface area contributed by atoms with Gasteiger partial charge in [0, 0.05) is 33.3 Å². The van der Waals surface area contributed by atoms with E-state index >= 15 is 0 Å². The molecule has 1 aromatic heterocycles. The van der Waals surface area contributed by atoms with Gasteiger partial charge >= 0.3 is 0 Å². The van der Waals surface area contributed by atoms with E-state index in [1.807, 2.05) is 24.4 Å². The van der Waals surface area contributed by atoms with Gasteiger partial charge in [0.1, 0.15) is 0 Å². The molecule has 160 valence electrons. The Hall–Kier alpha value is -2.51. The van der Waals surface area contributed by atoms with Crippen LogP contribution in [0.25, 0.3) is 22.4 Å². The number of hydrogen-bond acceptors (Lipinski definition) is 3. The zero-order valence-corrected chi connectivity index (χ0v) is 20.6. The van der Waals surface area contributed by atoms with Crippen LogP contribution in [0.3, 0.4) is 0 Å². The summed E-state index contributed by atoms with van der Waals surface area (Å²) in [6.07, 6.45) is 2.99. The summed E-state index contributed by atoms with van der Waals surface area (Å²) in [5, 5.41) is 8.36. The molecular formula is C26H28NO2Pt-. The van der Waals surface area contributed by atoms with Crippen LogP contribution in [0.15, 0.2) is 60.5 Å². The number of aliphatic hydroxyl groups is 1. The first-order valence-corrected chi connectivity index (χ1v) is 9.58. The van der Waals surface area contributed by atoms with E-state index in [0.29, 0.717) is 0 Å². The molecule has 0 fully saturated rings. The minimum atomic E-state index is -0.125. The Morgan fingerprint density at radius 1 is 1.00 bits per heavy atom. The number of carbonyl (C=O) groups is 1. The molecule has 0 spiro atoms. The van der Waals surface area contributed by atoms with Gasteiger partial charge in [-0.25, -0.2) is 0 Å². The van der Waals surface area contributed by atoms with Crippen LogP contribution in [0.5, 0.6) is 0 Å². The fourth-order valence-electron chi connectivity index (χ4n) is 3.47. The molecule has 1 heterocycles. The molecule has 0 aliphatic heterocycles. The van der Waals surface area contributed by atoms with Crippen LogP contribution in [0, 0.1) is 33.8 Å². The zero-order valence-electron chi connectivity index (χ0n) is 18.3. The molecule has 0 aliphatic rings. The van der Waals surface area contributed by atoms with Crippen LogP contribution < -0.4 is 0 Å². The normalized spacial score (nSPS) is 10.5. The van der Waals surface area contributed by atoms with Crippen molar-refractivity contribution in [2.45, 2.75) is 41.5 Å². The first-order chi connectivity index (χ1) is 13.7. The number of ketones is 1. The molecule has 0 aliphatic carbocycles. The van der Waals surface area contributed by atoms with E-state index < -0.39 is 0 Å². The van der Waals surface area contributed by atoms with Gasteiger partial charge in [0.05, 0.1) is 5.76 Å². The molecule has 3 aromatic rings. The molecule has 0 amide bonds. The van der Waals surface area contributed by atoms with Gasteiger partial charge in [-0.3, -0.25) is 4.79 Å². The van der Waals surface area contributed by atoms with Gasteiger partial charge in [-0.2, -0.15) is 0 Å². The molecule has 3 rings (SSSR count). The summed E-state index contributed by atoms with van der Waals surface area (Å²) in [6.45, 7) is 11.5. The maximum atomic E-state index is 10.0. The molecule has 0 unspecified atom stereocenters. The number of pyridine rings is 1. The Bertz CT molecular complexity index is 1010. The van der Waals surface area contributed by atoms with Gasteiger partial charge in [0.25, 0.3) is 0 Å². The number of carbonyl (C=O) groups excluding carboxylic acids is 1. The minimum Gasteiger partial charge on any atom is -0.512 e. The average Bonchev–Trinajstić information content (AvgIpc) is 2.61. The van der Waals surface area contributed by atoms with Crippen molar-refractivity contribution >= 4 is 5.78 Å². The van der Waals surface area contributed by atoms with Gasteiger partial charge in [-0.15, -0.1) is 29.3 Å². The quantitative estimate of drug-likeness (QED) is 0.219. The van der Waals surface area contributed by atoms with E-state index in [2.05, 4.69) is 63.0 Å². The third kappa shape index (κ3) is 7.07. The second-order valence-electron chi connectivity index (χ2n) is 7.33. The van der Waals surface area contributed by atoms with Gasteiger partial charge in [0.2, 0.25) is 0 Å². The van der Waals surface area contributed by atoms with E-state index in [1.165, 1.54) is 53.3 Å². The topological polar surface area (TPSA) is 50.2 Å². The molecule has 2 aromatic carbocycles. The second-order valence-corrected chi connectivity index (χ2v) is 7.33. The number of benzene rings is 2. The van der Waals surface area contributed by atoms with Crippen molar-refractivity contribution in [3.05, 3.63) is 88.8 Å². The molecule has 0 atom stereocenters. The number of rotatable bonds is 3. The van der Waals surface area contributed by atoms with Crippen LogP contribution in [-0.2, 0) is 25.9 Å². The number of hydrogen-bond donors (Lipinski definition) is 1. The SMILES string of the molecule is CC(=O)/C=C(/C)O.Cc1cc(C)c(-c2c[c-]c(-c3ccccn3)c(C)c2)c(C)c1.[Pt]. The predicted octanol–water partition coefficient (Wildman–Crippen LogP) is 6.48. The van der Waals surface area contributed by atoms with Crippen molar-refractivity contribution in [3.8, 4) is 22.4 Å². The van der Waals surface area contributed by atoms with Crippen LogP contribution in [0.4, 0.5) is 0 Å². The predicted molar refractivity (Wildman–Crippen MR) is 120 cm³/mol. The van der Waals surface area contributed by atoms with E-state index in [4.69, 9.17) is 5.11 Å². The van der Waals surface area contributed by atoms with E-state index in [9.17, 15) is 4.79 Å². The molecule has 1 N–H and O–H groups in total. The number of nitrogens with zero attached hydrogens (tertiary/aromatic N) is 1. The van der Waals surface area contributed by atoms with Crippen LogP contribution in [0.1, 0.15) is 36.1 Å². The number of aliphatic hydroxyl groups excluding tert-OH is 1. The Morgan fingerprint density at radius 3 is 2.07 bits per heavy atom. The molecular weight excluding hydrogens is 553 g/mol. The standard InChI is InChI=1S/C21H20N.C5H8O2.Pt/c1-14-11-16(3)21(17(4)12-14)18-8-9-19(15(2)13-18)20-7-5-6-10-22-20;1-4(6)3-5(2)7;/h5-8,10-13H,1-4H3;3,6H,1-2H3;/q-1;;/b;4-3-;. The summed E-state index contributed by atoms with van der Waals surface area (Å²) in [5.74, 6) is -0.0625. The van der Waals surface area contributed by atoms with Crippen molar-refractivity contribution in [1.29, 1.82) is 0 Å². The summed E-state index contributed by atoms with van der Waals surface area (Å²) < 4.78 is 0. The Morgan fingerprint density at radius 2 is 1.63 bits per heavy atom. The largest absolute Gasteiger partial charge is 0.512 e. The third-order valence-electron chi connectivity index (χ3n) is 4.44. The van der Waals surface area contributed by atoms with E-state index in [0.717, 1.165) is 11.3 Å². The Labute approximate surface area is 194 Å². The maximum Gasteiger partial charge on any atom is 0.155 e. The fraction of sp³-hybridized carbons (Fsp3) is 0.231. The van der Waals surface area contributed by atoms with Crippen molar-refractivity contribution in [1.82, 2.24) is 4.98 Å². The monoisotopic (exact) mass is 581 g/mol. The first-order valence-electron chi connectivity index (χ1n) is 9.58. The third-order valence-corrected chi connectivity index (χ3v) is 4.44. The molecule has 0 saturated carbocycles. The number of allylic oxidation sites excluding steroid dienone is 2. The van der Waals surface area contributed by atoms with Gasteiger partial charge in [-0.1, -0.05) is 59.0 Å². The first kappa shape index (κ1) is 25.5. The average molecular weight is 582 g/mol. The summed E-state index contributed by atoms with van der Waals surface area (Å²) >= 11 is 0. The van der Waals surface area contributed by atoms with Crippen molar-refractivity contribution in [2.24, 2.45) is 0 Å². The molecule has 4 heteroatoms. The molecule has 30 heavy (non-hydrogen) atoms. The summed E-state index contributed by atoms with van der Waals surface area (Å²) in [7, 11) is 0. The molecule has 0 saturated heterocycles. The van der Waals surface area contributed by atoms with E-state index in [1.54, 1.807) is 0 Å². The summed E-state index contributed by atoms with van der Waals surface area (Å²) in [4.78, 5) is 14.4. The maximum absolute atomic E-state index is 10.0. The van der Waals surface area contributed by atoms with E-state index in [-0.39, 0.29) is 32.6 Å². The van der Waals surface area contributed by atoms with Gasteiger partial charge in [-0.05, 0) is 46.4 Å². The smallest absolute Gasteiger partial charge is 0.155 e. The van der Waals surface area contributed by atoms with Crippen molar-refractivity contribution in [2.75, 3.05) is 0 Å². The van der Waals surface area contributed by atoms with Crippen molar-refractivity contribution < 1.29 is 31.0 Å². The van der Waals surface area contributed by atoms with Gasteiger partial charge < -0.3 is 10.1 Å². The Kier molecular flexibility index (Phi) is 9.88. The number of aryl methyl sites for hydroxylation is 4.